The second kappa shape index (κ2) is 9.07. The van der Waals surface area contributed by atoms with Crippen LogP contribution in [-0.4, -0.2) is 22.1 Å². The highest BCUT2D eigenvalue weighted by molar-refractivity contribution is 7.07. The Morgan fingerprint density at radius 1 is 1.15 bits per heavy atom. The summed E-state index contributed by atoms with van der Waals surface area (Å²) in [5, 5.41) is 0. The summed E-state index contributed by atoms with van der Waals surface area (Å²) >= 11 is 1.27. The molecule has 4 aromatic rings. The van der Waals surface area contributed by atoms with Crippen molar-refractivity contribution >= 4 is 29.1 Å². The Hall–Kier alpha value is -4.04. The Labute approximate surface area is 199 Å². The molecule has 0 saturated carbocycles. The van der Waals surface area contributed by atoms with Crippen LogP contribution in [0.1, 0.15) is 35.6 Å². The van der Waals surface area contributed by atoms with E-state index in [1.54, 1.807) is 31.5 Å². The molecular weight excluding hydrogens is 450 g/mol. The third-order valence-corrected chi connectivity index (χ3v) is 6.39. The van der Waals surface area contributed by atoms with E-state index >= 15 is 0 Å². The van der Waals surface area contributed by atoms with Gasteiger partial charge >= 0.3 is 5.97 Å². The summed E-state index contributed by atoms with van der Waals surface area (Å²) < 4.78 is 13.4. The van der Waals surface area contributed by atoms with Gasteiger partial charge in [-0.1, -0.05) is 41.7 Å². The number of benzene rings is 1. The summed E-state index contributed by atoms with van der Waals surface area (Å²) in [6, 6.07) is 15.9. The molecule has 0 amide bonds. The lowest BCUT2D eigenvalue weighted by molar-refractivity contribution is -0.139. The number of hydrogen-bond acceptors (Lipinski definition) is 7. The zero-order valence-electron chi connectivity index (χ0n) is 18.6. The molecule has 34 heavy (non-hydrogen) atoms. The van der Waals surface area contributed by atoms with E-state index in [-0.39, 0.29) is 17.7 Å². The van der Waals surface area contributed by atoms with Gasteiger partial charge in [0.05, 0.1) is 22.4 Å². The number of pyridine rings is 1. The van der Waals surface area contributed by atoms with Crippen molar-refractivity contribution in [1.82, 2.24) is 9.55 Å². The second-order valence-corrected chi connectivity index (χ2v) is 8.67. The molecule has 0 radical (unpaired) electrons. The predicted molar refractivity (Wildman–Crippen MR) is 129 cm³/mol. The molecule has 0 spiro atoms. The van der Waals surface area contributed by atoms with Gasteiger partial charge < -0.3 is 9.15 Å². The highest BCUT2D eigenvalue weighted by Gasteiger charge is 2.36. The third kappa shape index (κ3) is 3.92. The van der Waals surface area contributed by atoms with Gasteiger partial charge in [-0.2, -0.15) is 0 Å². The molecule has 0 saturated heterocycles. The molecule has 8 heteroatoms. The zero-order valence-corrected chi connectivity index (χ0v) is 19.4. The first kappa shape index (κ1) is 21.8. The number of carbonyl (C=O) groups is 1. The molecule has 1 unspecified atom stereocenters. The molecule has 0 N–H and O–H groups in total. The van der Waals surface area contributed by atoms with Gasteiger partial charge in [-0.05, 0) is 49.8 Å². The van der Waals surface area contributed by atoms with Crippen LogP contribution in [0.15, 0.2) is 86.8 Å². The lowest BCUT2D eigenvalue weighted by atomic mass is 9.97. The first-order chi connectivity index (χ1) is 16.6. The highest BCUT2D eigenvalue weighted by atomic mass is 32.1. The summed E-state index contributed by atoms with van der Waals surface area (Å²) in [6.07, 6.45) is 5.14. The van der Waals surface area contributed by atoms with Crippen LogP contribution in [0.5, 0.6) is 0 Å². The average molecular weight is 472 g/mol. The molecule has 1 aliphatic rings. The van der Waals surface area contributed by atoms with Crippen LogP contribution in [-0.2, 0) is 9.53 Å². The summed E-state index contributed by atoms with van der Waals surface area (Å²) in [4.78, 5) is 36.2. The SMILES string of the molecule is CCOC(=O)C1=C(c2ccccc2)N=c2sc(=Cc3ccncc3)c(=O)n2C1c1ccc(C)o1. The molecule has 0 fully saturated rings. The van der Waals surface area contributed by atoms with Crippen LogP contribution in [0.4, 0.5) is 0 Å². The van der Waals surface area contributed by atoms with E-state index in [9.17, 15) is 9.59 Å². The maximum absolute atomic E-state index is 13.6. The van der Waals surface area contributed by atoms with Crippen molar-refractivity contribution in [3.05, 3.63) is 115 Å². The van der Waals surface area contributed by atoms with Gasteiger partial charge in [0.25, 0.3) is 5.56 Å². The monoisotopic (exact) mass is 471 g/mol. The predicted octanol–water partition coefficient (Wildman–Crippen LogP) is 3.23. The Morgan fingerprint density at radius 3 is 2.59 bits per heavy atom. The minimum atomic E-state index is -0.807. The van der Waals surface area contributed by atoms with Crippen LogP contribution in [0, 0.1) is 6.92 Å². The van der Waals surface area contributed by atoms with Crippen molar-refractivity contribution in [2.45, 2.75) is 19.9 Å². The van der Waals surface area contributed by atoms with E-state index in [1.165, 1.54) is 15.9 Å². The largest absolute Gasteiger partial charge is 0.464 e. The summed E-state index contributed by atoms with van der Waals surface area (Å²) in [5.74, 6) is 0.614. The van der Waals surface area contributed by atoms with Gasteiger partial charge in [-0.3, -0.25) is 14.3 Å². The van der Waals surface area contributed by atoms with E-state index in [0.29, 0.717) is 26.6 Å². The molecule has 4 heterocycles. The molecule has 1 atom stereocenters. The van der Waals surface area contributed by atoms with Gasteiger partial charge in [0, 0.05) is 18.0 Å². The molecule has 0 aliphatic carbocycles. The molecule has 5 rings (SSSR count). The second-order valence-electron chi connectivity index (χ2n) is 7.66. The van der Waals surface area contributed by atoms with Crippen molar-refractivity contribution in [2.75, 3.05) is 6.61 Å². The number of furan rings is 1. The molecule has 3 aromatic heterocycles. The summed E-state index contributed by atoms with van der Waals surface area (Å²) in [6.45, 7) is 3.76. The van der Waals surface area contributed by atoms with Crippen molar-refractivity contribution in [2.24, 2.45) is 4.99 Å². The first-order valence-corrected chi connectivity index (χ1v) is 11.6. The minimum absolute atomic E-state index is 0.195. The zero-order chi connectivity index (χ0) is 23.7. The van der Waals surface area contributed by atoms with E-state index in [2.05, 4.69) is 4.98 Å². The number of esters is 1. The fraction of sp³-hybridized carbons (Fsp3) is 0.154. The molecule has 1 aliphatic heterocycles. The quantitative estimate of drug-likeness (QED) is 0.417. The number of thiazole rings is 1. The van der Waals surface area contributed by atoms with Gasteiger partial charge in [-0.25, -0.2) is 9.79 Å². The normalized spacial score (nSPS) is 15.7. The Morgan fingerprint density at radius 2 is 1.91 bits per heavy atom. The van der Waals surface area contributed by atoms with E-state index in [4.69, 9.17) is 14.1 Å². The summed E-state index contributed by atoms with van der Waals surface area (Å²) in [7, 11) is 0. The lowest BCUT2D eigenvalue weighted by Crippen LogP contribution is -2.39. The number of carbonyl (C=O) groups excluding carboxylic acids is 1. The van der Waals surface area contributed by atoms with Crippen LogP contribution in [0.2, 0.25) is 0 Å². The molecule has 7 nitrogen and oxygen atoms in total. The lowest BCUT2D eigenvalue weighted by Gasteiger charge is -2.24. The number of nitrogens with zero attached hydrogens (tertiary/aromatic N) is 3. The van der Waals surface area contributed by atoms with Crippen molar-refractivity contribution in [3.63, 3.8) is 0 Å². The average Bonchev–Trinajstić information content (AvgIpc) is 3.42. The van der Waals surface area contributed by atoms with Crippen LogP contribution >= 0.6 is 11.3 Å². The highest BCUT2D eigenvalue weighted by Crippen LogP contribution is 2.35. The number of fused-ring (bicyclic) bond motifs is 1. The fourth-order valence-corrected chi connectivity index (χ4v) is 4.92. The fourth-order valence-electron chi connectivity index (χ4n) is 3.92. The van der Waals surface area contributed by atoms with E-state index in [1.807, 2.05) is 55.5 Å². The smallest absolute Gasteiger partial charge is 0.338 e. The molecule has 1 aromatic carbocycles. The Kier molecular flexibility index (Phi) is 5.81. The standard InChI is InChI=1S/C26H21N3O4S/c1-3-32-25(31)21-22(18-7-5-4-6-8-18)28-26-29(23(21)19-10-9-16(2)33-19)24(30)20(34-26)15-17-11-13-27-14-12-17/h4-15,23H,3H2,1-2H3. The Balaban J connectivity index is 1.83. The minimum Gasteiger partial charge on any atom is -0.464 e. The van der Waals surface area contributed by atoms with Crippen LogP contribution in [0.25, 0.3) is 11.8 Å². The Bertz CT molecular complexity index is 1560. The van der Waals surface area contributed by atoms with E-state index in [0.717, 1.165) is 11.1 Å². The van der Waals surface area contributed by atoms with Gasteiger partial charge in [-0.15, -0.1) is 0 Å². The number of ether oxygens (including phenoxy) is 1. The van der Waals surface area contributed by atoms with Gasteiger partial charge in [0.2, 0.25) is 0 Å². The molecular formula is C26H21N3O4S. The number of hydrogen-bond donors (Lipinski definition) is 0. The maximum Gasteiger partial charge on any atom is 0.338 e. The summed E-state index contributed by atoms with van der Waals surface area (Å²) in [5.41, 5.74) is 2.08. The van der Waals surface area contributed by atoms with Crippen molar-refractivity contribution in [3.8, 4) is 0 Å². The van der Waals surface area contributed by atoms with Crippen molar-refractivity contribution < 1.29 is 13.9 Å². The van der Waals surface area contributed by atoms with Gasteiger partial charge in [0.1, 0.15) is 17.6 Å². The molecule has 170 valence electrons. The van der Waals surface area contributed by atoms with Crippen LogP contribution < -0.4 is 14.9 Å². The number of rotatable bonds is 5. The first-order valence-electron chi connectivity index (χ1n) is 10.8. The van der Waals surface area contributed by atoms with Crippen molar-refractivity contribution in [1.29, 1.82) is 0 Å². The molecule has 0 bridgehead atoms. The number of aromatic nitrogens is 2. The number of aryl methyl sites for hydroxylation is 1. The van der Waals surface area contributed by atoms with Crippen LogP contribution in [0.3, 0.4) is 0 Å². The topological polar surface area (TPSA) is 86.7 Å². The maximum atomic E-state index is 13.6. The van der Waals surface area contributed by atoms with E-state index < -0.39 is 12.0 Å². The third-order valence-electron chi connectivity index (χ3n) is 5.41. The van der Waals surface area contributed by atoms with Gasteiger partial charge in [0.15, 0.2) is 4.80 Å².